The van der Waals surface area contributed by atoms with E-state index in [0.29, 0.717) is 0 Å². The molecule has 0 amide bonds. The van der Waals surface area contributed by atoms with Crippen molar-refractivity contribution in [3.63, 3.8) is 0 Å². The normalized spacial score (nSPS) is 13.4. The van der Waals surface area contributed by atoms with Gasteiger partial charge in [0.25, 0.3) is 0 Å². The maximum atomic E-state index is 2.38. The predicted molar refractivity (Wildman–Crippen MR) is 196 cm³/mol. The summed E-state index contributed by atoms with van der Waals surface area (Å²) in [5.41, 5.74) is 0. The first-order valence-corrected chi connectivity index (χ1v) is 20.5. The van der Waals surface area contributed by atoms with Gasteiger partial charge in [0.2, 0.25) is 0 Å². The topological polar surface area (TPSA) is 0 Å². The Bertz CT molecular complexity index is 432. The fourth-order valence-electron chi connectivity index (χ4n) is 7.29. The zero-order chi connectivity index (χ0) is 30.9. The molecule has 0 aliphatic rings. The number of hydrogen-bond donors (Lipinski definition) is 0. The zero-order valence-corrected chi connectivity index (χ0v) is 30.9. The molecular weight excluding hydrogens is 504 g/mol. The van der Waals surface area contributed by atoms with E-state index in [1.807, 2.05) is 0 Å². The van der Waals surface area contributed by atoms with Gasteiger partial charge < -0.3 is 0 Å². The highest BCUT2D eigenvalue weighted by atomic mass is 14.3. The molecule has 0 nitrogen and oxygen atoms in total. The molecule has 0 aromatic carbocycles. The molecule has 42 heavy (non-hydrogen) atoms. The number of rotatable bonds is 35. The van der Waals surface area contributed by atoms with Crippen LogP contribution in [0, 0.1) is 23.7 Å². The second kappa shape index (κ2) is 33.9. The van der Waals surface area contributed by atoms with Crippen molar-refractivity contribution in [2.75, 3.05) is 0 Å². The molecule has 0 aliphatic heterocycles. The Morgan fingerprint density at radius 2 is 0.429 bits per heavy atom. The van der Waals surface area contributed by atoms with Gasteiger partial charge >= 0.3 is 0 Å². The second-order valence-electron chi connectivity index (χ2n) is 15.5. The lowest BCUT2D eigenvalue weighted by Gasteiger charge is -2.28. The van der Waals surface area contributed by atoms with Gasteiger partial charge in [-0.05, 0) is 23.7 Å². The molecule has 2 atom stereocenters. The van der Waals surface area contributed by atoms with E-state index in [9.17, 15) is 0 Å². The van der Waals surface area contributed by atoms with E-state index in [0.717, 1.165) is 23.7 Å². The number of unbranched alkanes of at least 4 members (excludes halogenated alkanes) is 22. The molecule has 254 valence electrons. The zero-order valence-electron chi connectivity index (χ0n) is 30.9. The molecule has 0 aromatic rings. The largest absolute Gasteiger partial charge is 0.0654 e. The van der Waals surface area contributed by atoms with Gasteiger partial charge in [-0.2, -0.15) is 0 Å². The Labute approximate surface area is 270 Å². The maximum Gasteiger partial charge on any atom is -0.0386 e. The molecule has 0 saturated heterocycles. The van der Waals surface area contributed by atoms with Crippen LogP contribution in [0.15, 0.2) is 0 Å². The Morgan fingerprint density at radius 3 is 0.643 bits per heavy atom. The van der Waals surface area contributed by atoms with E-state index in [4.69, 9.17) is 0 Å². The highest BCUT2D eigenvalue weighted by Crippen LogP contribution is 2.34. The standard InChI is InChI=1S/C42H86/c1-7-9-11-13-15-23-29-35-41(37-31-25-19-17-21-27-33-39(3)4)42(36-30-24-16-14-12-10-8-2)38-32-26-20-18-22-28-34-40(5)6/h39-42H,7-38H2,1-6H3. The molecule has 0 spiro atoms. The summed E-state index contributed by atoms with van der Waals surface area (Å²) in [5, 5.41) is 0. The van der Waals surface area contributed by atoms with E-state index >= 15 is 0 Å². The highest BCUT2D eigenvalue weighted by Gasteiger charge is 2.20. The number of hydrogen-bond acceptors (Lipinski definition) is 0. The summed E-state index contributed by atoms with van der Waals surface area (Å²) in [6, 6.07) is 0. The third-order valence-electron chi connectivity index (χ3n) is 10.2. The van der Waals surface area contributed by atoms with Gasteiger partial charge in [0.05, 0.1) is 0 Å². The van der Waals surface area contributed by atoms with Crippen LogP contribution >= 0.6 is 0 Å². The van der Waals surface area contributed by atoms with Crippen LogP contribution in [0.5, 0.6) is 0 Å². The van der Waals surface area contributed by atoms with Crippen LogP contribution in [0.25, 0.3) is 0 Å². The highest BCUT2D eigenvalue weighted by molar-refractivity contribution is 4.72. The van der Waals surface area contributed by atoms with E-state index in [1.165, 1.54) is 193 Å². The van der Waals surface area contributed by atoms with Gasteiger partial charge in [0.1, 0.15) is 0 Å². The first-order valence-electron chi connectivity index (χ1n) is 20.5. The van der Waals surface area contributed by atoms with Gasteiger partial charge in [-0.3, -0.25) is 0 Å². The summed E-state index contributed by atoms with van der Waals surface area (Å²) in [5.74, 6) is 3.81. The Morgan fingerprint density at radius 1 is 0.238 bits per heavy atom. The molecule has 0 rings (SSSR count). The van der Waals surface area contributed by atoms with E-state index in [-0.39, 0.29) is 0 Å². The van der Waals surface area contributed by atoms with Crippen molar-refractivity contribution < 1.29 is 0 Å². The smallest absolute Gasteiger partial charge is 0.0386 e. The van der Waals surface area contributed by atoms with E-state index in [1.54, 1.807) is 12.8 Å². The SMILES string of the molecule is CCCCCCCCCC(CCCCCCCCC(C)C)C(CCCCCCCCC)CCCCCCCCC(C)C. The van der Waals surface area contributed by atoms with Crippen molar-refractivity contribution in [1.82, 2.24) is 0 Å². The lowest BCUT2D eigenvalue weighted by molar-refractivity contribution is 0.236. The van der Waals surface area contributed by atoms with E-state index in [2.05, 4.69) is 41.5 Å². The van der Waals surface area contributed by atoms with Gasteiger partial charge in [0.15, 0.2) is 0 Å². The monoisotopic (exact) mass is 591 g/mol. The molecule has 0 saturated carbocycles. The minimum absolute atomic E-state index is 0.885. The first kappa shape index (κ1) is 42.0. The fraction of sp³-hybridized carbons (Fsp3) is 1.00. The lowest BCUT2D eigenvalue weighted by Crippen LogP contribution is -2.16. The summed E-state index contributed by atoms with van der Waals surface area (Å²) < 4.78 is 0. The predicted octanol–water partition coefficient (Wildman–Crippen LogP) is 16.1. The van der Waals surface area contributed by atoms with Crippen LogP contribution < -0.4 is 0 Å². The summed E-state index contributed by atoms with van der Waals surface area (Å²) in [4.78, 5) is 0. The molecular formula is C42H86. The second-order valence-corrected chi connectivity index (χ2v) is 15.5. The molecule has 0 aromatic heterocycles. The lowest BCUT2D eigenvalue weighted by atomic mass is 9.78. The van der Waals surface area contributed by atoms with E-state index < -0.39 is 0 Å². The fourth-order valence-corrected chi connectivity index (χ4v) is 7.29. The summed E-state index contributed by atoms with van der Waals surface area (Å²) >= 11 is 0. The van der Waals surface area contributed by atoms with Crippen molar-refractivity contribution in [3.8, 4) is 0 Å². The van der Waals surface area contributed by atoms with Crippen LogP contribution in [-0.2, 0) is 0 Å². The Kier molecular flexibility index (Phi) is 33.9. The molecule has 0 N–H and O–H groups in total. The molecule has 0 radical (unpaired) electrons. The molecule has 0 fully saturated rings. The Balaban J connectivity index is 4.76. The van der Waals surface area contributed by atoms with Crippen LogP contribution in [-0.4, -0.2) is 0 Å². The van der Waals surface area contributed by atoms with Crippen LogP contribution in [0.2, 0.25) is 0 Å². The van der Waals surface area contributed by atoms with Crippen LogP contribution in [0.1, 0.15) is 247 Å². The van der Waals surface area contributed by atoms with Gasteiger partial charge in [0, 0.05) is 0 Å². The van der Waals surface area contributed by atoms with Crippen molar-refractivity contribution in [1.29, 1.82) is 0 Å². The third kappa shape index (κ3) is 31.4. The minimum Gasteiger partial charge on any atom is -0.0654 e. The molecule has 0 aliphatic carbocycles. The van der Waals surface area contributed by atoms with Crippen molar-refractivity contribution in [3.05, 3.63) is 0 Å². The molecule has 0 heterocycles. The van der Waals surface area contributed by atoms with Crippen molar-refractivity contribution in [2.45, 2.75) is 247 Å². The molecule has 0 bridgehead atoms. The minimum atomic E-state index is 0.885. The Hall–Kier alpha value is 0. The average molecular weight is 591 g/mol. The first-order chi connectivity index (χ1) is 20.5. The molecule has 0 heteroatoms. The quantitative estimate of drug-likeness (QED) is 0.0644. The summed E-state index contributed by atoms with van der Waals surface area (Å²) in [7, 11) is 0. The van der Waals surface area contributed by atoms with Crippen molar-refractivity contribution in [2.24, 2.45) is 23.7 Å². The van der Waals surface area contributed by atoms with Crippen molar-refractivity contribution >= 4 is 0 Å². The summed E-state index contributed by atoms with van der Waals surface area (Å²) in [6.45, 7) is 14.2. The third-order valence-corrected chi connectivity index (χ3v) is 10.2. The van der Waals surface area contributed by atoms with Gasteiger partial charge in [-0.1, -0.05) is 247 Å². The average Bonchev–Trinajstić information content (AvgIpc) is 2.96. The van der Waals surface area contributed by atoms with Gasteiger partial charge in [-0.25, -0.2) is 0 Å². The molecule has 2 unspecified atom stereocenters. The van der Waals surface area contributed by atoms with Gasteiger partial charge in [-0.15, -0.1) is 0 Å². The summed E-state index contributed by atoms with van der Waals surface area (Å²) in [6.07, 6.45) is 47.3. The maximum absolute atomic E-state index is 2.38. The van der Waals surface area contributed by atoms with Crippen LogP contribution in [0.4, 0.5) is 0 Å². The van der Waals surface area contributed by atoms with Crippen LogP contribution in [0.3, 0.4) is 0 Å².